The Kier molecular flexibility index (Phi) is 3.81. The van der Waals surface area contributed by atoms with Crippen molar-refractivity contribution >= 4 is 5.91 Å². The van der Waals surface area contributed by atoms with Crippen molar-refractivity contribution in [2.75, 3.05) is 20.1 Å². The molecule has 126 valence electrons. The summed E-state index contributed by atoms with van der Waals surface area (Å²) < 4.78 is 11.6. The third kappa shape index (κ3) is 2.80. The van der Waals surface area contributed by atoms with Gasteiger partial charge in [0.25, 0.3) is 5.91 Å². The molecule has 1 aromatic carbocycles. The fourth-order valence-electron chi connectivity index (χ4n) is 3.72. The van der Waals surface area contributed by atoms with Gasteiger partial charge in [-0.3, -0.25) is 4.79 Å². The number of benzene rings is 1. The number of para-hydroxylation sites is 1. The highest BCUT2D eigenvalue weighted by Crippen LogP contribution is 2.44. The predicted molar refractivity (Wildman–Crippen MR) is 90.1 cm³/mol. The molecule has 5 heteroatoms. The second-order valence-corrected chi connectivity index (χ2v) is 6.83. The van der Waals surface area contributed by atoms with Crippen molar-refractivity contribution in [3.05, 3.63) is 54.0 Å². The summed E-state index contributed by atoms with van der Waals surface area (Å²) in [4.78, 5) is 14.8. The number of carbonyl (C=O) groups is 1. The third-order valence-electron chi connectivity index (χ3n) is 5.15. The molecule has 1 atom stereocenters. The van der Waals surface area contributed by atoms with Crippen molar-refractivity contribution in [2.45, 2.75) is 30.9 Å². The Balaban J connectivity index is 1.61. The van der Waals surface area contributed by atoms with E-state index in [9.17, 15) is 4.79 Å². The van der Waals surface area contributed by atoms with E-state index in [0.717, 1.165) is 43.7 Å². The van der Waals surface area contributed by atoms with E-state index >= 15 is 0 Å². The minimum absolute atomic E-state index is 0.0593. The van der Waals surface area contributed by atoms with Crippen molar-refractivity contribution in [3.8, 4) is 5.75 Å². The third-order valence-corrected chi connectivity index (χ3v) is 5.15. The SMILES string of the molecule is CN1CCC2(CC1)C[C@@H](NC(=O)c1ccco1)c1ccccc1O2. The Morgan fingerprint density at radius 1 is 1.21 bits per heavy atom. The van der Waals surface area contributed by atoms with Crippen molar-refractivity contribution in [1.29, 1.82) is 0 Å². The van der Waals surface area contributed by atoms with Crippen LogP contribution in [0.4, 0.5) is 0 Å². The largest absolute Gasteiger partial charge is 0.487 e. The summed E-state index contributed by atoms with van der Waals surface area (Å²) in [5.74, 6) is 1.05. The van der Waals surface area contributed by atoms with Crippen LogP contribution in [-0.2, 0) is 0 Å². The number of rotatable bonds is 2. The van der Waals surface area contributed by atoms with Crippen LogP contribution in [0.5, 0.6) is 5.75 Å². The topological polar surface area (TPSA) is 54.7 Å². The van der Waals surface area contributed by atoms with E-state index in [0.29, 0.717) is 5.76 Å². The summed E-state index contributed by atoms with van der Waals surface area (Å²) in [6.07, 6.45) is 4.27. The van der Waals surface area contributed by atoms with Gasteiger partial charge >= 0.3 is 0 Å². The number of hydrogen-bond donors (Lipinski definition) is 1. The number of fused-ring (bicyclic) bond motifs is 1. The van der Waals surface area contributed by atoms with Gasteiger partial charge in [-0.05, 0) is 38.1 Å². The summed E-state index contributed by atoms with van der Waals surface area (Å²) in [5.41, 5.74) is 0.851. The number of ether oxygens (including phenoxy) is 1. The number of carbonyl (C=O) groups excluding carboxylic acids is 1. The Bertz CT molecular complexity index is 718. The molecule has 0 bridgehead atoms. The van der Waals surface area contributed by atoms with Crippen LogP contribution in [0.15, 0.2) is 47.1 Å². The molecule has 1 N–H and O–H groups in total. The Labute approximate surface area is 141 Å². The molecular formula is C19H22N2O3. The van der Waals surface area contributed by atoms with Gasteiger partial charge in [0.2, 0.25) is 0 Å². The van der Waals surface area contributed by atoms with Crippen LogP contribution in [0.1, 0.15) is 41.4 Å². The van der Waals surface area contributed by atoms with Crippen LogP contribution in [0.25, 0.3) is 0 Å². The van der Waals surface area contributed by atoms with E-state index in [-0.39, 0.29) is 17.6 Å². The van der Waals surface area contributed by atoms with Crippen molar-refractivity contribution in [3.63, 3.8) is 0 Å². The van der Waals surface area contributed by atoms with Crippen LogP contribution >= 0.6 is 0 Å². The van der Waals surface area contributed by atoms with E-state index < -0.39 is 0 Å². The molecule has 1 fully saturated rings. The number of piperidine rings is 1. The number of hydrogen-bond acceptors (Lipinski definition) is 4. The molecule has 3 heterocycles. The maximum atomic E-state index is 12.5. The second kappa shape index (κ2) is 5.98. The summed E-state index contributed by atoms with van der Waals surface area (Å²) in [6, 6.07) is 11.4. The van der Waals surface area contributed by atoms with Crippen molar-refractivity contribution < 1.29 is 13.9 Å². The number of amides is 1. The van der Waals surface area contributed by atoms with E-state index in [2.05, 4.69) is 17.3 Å². The number of nitrogens with one attached hydrogen (secondary N) is 1. The highest BCUT2D eigenvalue weighted by atomic mass is 16.5. The maximum Gasteiger partial charge on any atom is 0.287 e. The van der Waals surface area contributed by atoms with E-state index in [1.165, 1.54) is 6.26 Å². The smallest absolute Gasteiger partial charge is 0.287 e. The molecule has 2 aliphatic rings. The van der Waals surface area contributed by atoms with Gasteiger partial charge < -0.3 is 19.4 Å². The second-order valence-electron chi connectivity index (χ2n) is 6.83. The van der Waals surface area contributed by atoms with Crippen LogP contribution in [0.3, 0.4) is 0 Å². The Morgan fingerprint density at radius 3 is 2.75 bits per heavy atom. The zero-order valence-corrected chi connectivity index (χ0v) is 13.8. The summed E-state index contributed by atoms with van der Waals surface area (Å²) in [7, 11) is 2.14. The molecule has 0 radical (unpaired) electrons. The Hall–Kier alpha value is -2.27. The molecule has 2 aliphatic heterocycles. The first kappa shape index (κ1) is 15.3. The fraction of sp³-hybridized carbons (Fsp3) is 0.421. The molecule has 0 unspecified atom stereocenters. The lowest BCUT2D eigenvalue weighted by atomic mass is 9.80. The summed E-state index contributed by atoms with van der Waals surface area (Å²) in [6.45, 7) is 2.03. The average molecular weight is 326 g/mol. The van der Waals surface area contributed by atoms with Gasteiger partial charge in [0.15, 0.2) is 5.76 Å². The standard InChI is InChI=1S/C19H22N2O3/c1-21-10-8-19(9-11-21)13-15(14-5-2-3-6-16(14)24-19)20-18(22)17-7-4-12-23-17/h2-7,12,15H,8-11,13H2,1H3,(H,20,22)/t15-/m1/s1. The highest BCUT2D eigenvalue weighted by molar-refractivity contribution is 5.91. The Morgan fingerprint density at radius 2 is 2.00 bits per heavy atom. The quantitative estimate of drug-likeness (QED) is 0.922. The first-order valence-electron chi connectivity index (χ1n) is 8.46. The molecule has 1 spiro atoms. The zero-order chi connectivity index (χ0) is 16.6. The van der Waals surface area contributed by atoms with Gasteiger partial charge in [0.05, 0.1) is 12.3 Å². The lowest BCUT2D eigenvalue weighted by Crippen LogP contribution is -2.51. The monoisotopic (exact) mass is 326 g/mol. The highest BCUT2D eigenvalue weighted by Gasteiger charge is 2.43. The minimum atomic E-state index is -0.192. The van der Waals surface area contributed by atoms with Gasteiger partial charge in [-0.15, -0.1) is 0 Å². The van der Waals surface area contributed by atoms with E-state index in [4.69, 9.17) is 9.15 Å². The van der Waals surface area contributed by atoms with Gasteiger partial charge in [0, 0.05) is 25.1 Å². The number of furan rings is 1. The van der Waals surface area contributed by atoms with Crippen LogP contribution in [0, 0.1) is 0 Å². The summed E-state index contributed by atoms with van der Waals surface area (Å²) in [5, 5.41) is 3.13. The van der Waals surface area contributed by atoms with E-state index in [1.54, 1.807) is 12.1 Å². The number of nitrogens with zero attached hydrogens (tertiary/aromatic N) is 1. The first-order chi connectivity index (χ1) is 11.7. The summed E-state index contributed by atoms with van der Waals surface area (Å²) >= 11 is 0. The van der Waals surface area contributed by atoms with Crippen LogP contribution < -0.4 is 10.1 Å². The first-order valence-corrected chi connectivity index (χ1v) is 8.46. The molecular weight excluding hydrogens is 304 g/mol. The normalized spacial score (nSPS) is 22.6. The van der Waals surface area contributed by atoms with Crippen LogP contribution in [0.2, 0.25) is 0 Å². The fourth-order valence-corrected chi connectivity index (χ4v) is 3.72. The average Bonchev–Trinajstić information content (AvgIpc) is 3.13. The lowest BCUT2D eigenvalue weighted by molar-refractivity contribution is -0.0196. The lowest BCUT2D eigenvalue weighted by Gasteiger charge is -2.46. The number of likely N-dealkylation sites (tertiary alicyclic amines) is 1. The van der Waals surface area contributed by atoms with Gasteiger partial charge in [-0.1, -0.05) is 18.2 Å². The molecule has 1 amide bonds. The molecule has 5 nitrogen and oxygen atoms in total. The minimum Gasteiger partial charge on any atom is -0.487 e. The maximum absolute atomic E-state index is 12.5. The van der Waals surface area contributed by atoms with E-state index in [1.807, 2.05) is 24.3 Å². The van der Waals surface area contributed by atoms with Gasteiger partial charge in [0.1, 0.15) is 11.4 Å². The van der Waals surface area contributed by atoms with Gasteiger partial charge in [-0.25, -0.2) is 0 Å². The molecule has 0 aliphatic carbocycles. The zero-order valence-electron chi connectivity index (χ0n) is 13.8. The molecule has 4 rings (SSSR count). The predicted octanol–water partition coefficient (Wildman–Crippen LogP) is 3.00. The molecule has 1 saturated heterocycles. The van der Waals surface area contributed by atoms with Crippen molar-refractivity contribution in [2.24, 2.45) is 0 Å². The van der Waals surface area contributed by atoms with Crippen LogP contribution in [-0.4, -0.2) is 36.5 Å². The molecule has 24 heavy (non-hydrogen) atoms. The molecule has 0 saturated carbocycles. The molecule has 1 aromatic heterocycles. The van der Waals surface area contributed by atoms with Gasteiger partial charge in [-0.2, -0.15) is 0 Å². The van der Waals surface area contributed by atoms with Crippen molar-refractivity contribution in [1.82, 2.24) is 10.2 Å². The molecule has 2 aromatic rings.